The zero-order valence-electron chi connectivity index (χ0n) is 12.4. The van der Waals surface area contributed by atoms with Crippen LogP contribution in [0.2, 0.25) is 5.02 Å². The largest absolute Gasteiger partial charge is 0.464 e. The minimum atomic E-state index is -0.662. The number of carbonyl (C=O) groups is 2. The number of hydrogen-bond donors (Lipinski definition) is 1. The first-order valence-corrected chi connectivity index (χ1v) is 6.93. The molecule has 1 N–H and O–H groups in total. The van der Waals surface area contributed by atoms with Gasteiger partial charge in [0.1, 0.15) is 0 Å². The number of nitrogens with one attached hydrogen (secondary N) is 1. The lowest BCUT2D eigenvalue weighted by atomic mass is 10.1. The van der Waals surface area contributed by atoms with Crippen LogP contribution in [0.3, 0.4) is 0 Å². The molecule has 1 amide bonds. The molecule has 5 nitrogen and oxygen atoms in total. The van der Waals surface area contributed by atoms with Crippen LogP contribution in [0.4, 0.5) is 5.69 Å². The predicted molar refractivity (Wildman–Crippen MR) is 85.1 cm³/mol. The van der Waals surface area contributed by atoms with Crippen molar-refractivity contribution in [3.63, 3.8) is 0 Å². The Morgan fingerprint density at radius 1 is 1.23 bits per heavy atom. The number of aryl methyl sites for hydroxylation is 1. The normalized spacial score (nSPS) is 10.2. The van der Waals surface area contributed by atoms with Gasteiger partial charge in [-0.1, -0.05) is 41.4 Å². The summed E-state index contributed by atoms with van der Waals surface area (Å²) >= 11 is 6.13. The number of ether oxygens (including phenoxy) is 1. The van der Waals surface area contributed by atoms with E-state index in [1.165, 1.54) is 14.0 Å². The standard InChI is InChI=1S/C16H15ClN2O3/c1-9-4-6-11(7-5-9)12-8-13(18-10(2)20)14(17)15(19-12)16(21)22-3/h4-8H,1-3H3,(H,18,19,20). The molecule has 0 aliphatic carbocycles. The minimum absolute atomic E-state index is 0.0361. The average Bonchev–Trinajstić information content (AvgIpc) is 2.49. The molecule has 0 fully saturated rings. The summed E-state index contributed by atoms with van der Waals surface area (Å²) in [5.74, 6) is -0.954. The number of carbonyl (C=O) groups excluding carboxylic acids is 2. The summed E-state index contributed by atoms with van der Waals surface area (Å²) in [5.41, 5.74) is 2.71. The summed E-state index contributed by atoms with van der Waals surface area (Å²) in [7, 11) is 1.25. The van der Waals surface area contributed by atoms with Crippen molar-refractivity contribution in [1.82, 2.24) is 4.98 Å². The van der Waals surface area contributed by atoms with Gasteiger partial charge in [0.2, 0.25) is 5.91 Å². The molecule has 0 atom stereocenters. The van der Waals surface area contributed by atoms with Crippen LogP contribution in [0.1, 0.15) is 23.0 Å². The van der Waals surface area contributed by atoms with Crippen LogP contribution in [0.25, 0.3) is 11.3 Å². The van der Waals surface area contributed by atoms with Gasteiger partial charge in [-0.2, -0.15) is 0 Å². The number of anilines is 1. The number of benzene rings is 1. The van der Waals surface area contributed by atoms with E-state index in [0.29, 0.717) is 11.4 Å². The number of esters is 1. The molecule has 0 bridgehead atoms. The molecular weight excluding hydrogens is 304 g/mol. The van der Waals surface area contributed by atoms with E-state index in [0.717, 1.165) is 11.1 Å². The van der Waals surface area contributed by atoms with Crippen LogP contribution in [0, 0.1) is 6.92 Å². The SMILES string of the molecule is COC(=O)c1nc(-c2ccc(C)cc2)cc(NC(C)=O)c1Cl. The number of hydrogen-bond acceptors (Lipinski definition) is 4. The molecule has 1 aromatic carbocycles. The van der Waals surface area contributed by atoms with Crippen LogP contribution in [-0.4, -0.2) is 24.0 Å². The fraction of sp³-hybridized carbons (Fsp3) is 0.188. The zero-order chi connectivity index (χ0) is 16.3. The number of rotatable bonds is 3. The molecule has 0 saturated carbocycles. The quantitative estimate of drug-likeness (QED) is 0.880. The minimum Gasteiger partial charge on any atom is -0.464 e. The molecular formula is C16H15ClN2O3. The fourth-order valence-electron chi connectivity index (χ4n) is 1.91. The maximum atomic E-state index is 11.8. The molecule has 1 heterocycles. The lowest BCUT2D eigenvalue weighted by molar-refractivity contribution is -0.114. The van der Waals surface area contributed by atoms with Crippen molar-refractivity contribution in [2.24, 2.45) is 0 Å². The van der Waals surface area contributed by atoms with Gasteiger partial charge >= 0.3 is 5.97 Å². The Kier molecular flexibility index (Phi) is 4.78. The Hall–Kier alpha value is -2.40. The number of amides is 1. The van der Waals surface area contributed by atoms with E-state index in [-0.39, 0.29) is 16.6 Å². The average molecular weight is 319 g/mol. The molecule has 0 unspecified atom stereocenters. The third-order valence-corrected chi connectivity index (χ3v) is 3.38. The van der Waals surface area contributed by atoms with Crippen molar-refractivity contribution in [3.8, 4) is 11.3 Å². The molecule has 6 heteroatoms. The van der Waals surface area contributed by atoms with Crippen molar-refractivity contribution in [2.45, 2.75) is 13.8 Å². The van der Waals surface area contributed by atoms with E-state index < -0.39 is 5.97 Å². The lowest BCUT2D eigenvalue weighted by Gasteiger charge is -2.11. The van der Waals surface area contributed by atoms with Gasteiger partial charge in [-0.3, -0.25) is 4.79 Å². The highest BCUT2D eigenvalue weighted by molar-refractivity contribution is 6.36. The predicted octanol–water partition coefficient (Wildman–Crippen LogP) is 3.46. The van der Waals surface area contributed by atoms with Gasteiger partial charge < -0.3 is 10.1 Å². The van der Waals surface area contributed by atoms with Gasteiger partial charge in [0.05, 0.1) is 23.5 Å². The van der Waals surface area contributed by atoms with Gasteiger partial charge in [-0.05, 0) is 13.0 Å². The smallest absolute Gasteiger partial charge is 0.358 e. The van der Waals surface area contributed by atoms with Gasteiger partial charge in [-0.25, -0.2) is 9.78 Å². The molecule has 0 spiro atoms. The van der Waals surface area contributed by atoms with Crippen LogP contribution in [0.15, 0.2) is 30.3 Å². The summed E-state index contributed by atoms with van der Waals surface area (Å²) in [5, 5.41) is 2.65. The highest BCUT2D eigenvalue weighted by atomic mass is 35.5. The zero-order valence-corrected chi connectivity index (χ0v) is 13.2. The van der Waals surface area contributed by atoms with E-state index in [1.807, 2.05) is 31.2 Å². The molecule has 2 aromatic rings. The van der Waals surface area contributed by atoms with Crippen LogP contribution in [0.5, 0.6) is 0 Å². The molecule has 0 radical (unpaired) electrons. The summed E-state index contributed by atoms with van der Waals surface area (Å²) < 4.78 is 4.69. The number of halogens is 1. The summed E-state index contributed by atoms with van der Waals surface area (Å²) in [4.78, 5) is 27.4. The molecule has 114 valence electrons. The second kappa shape index (κ2) is 6.58. The monoisotopic (exact) mass is 318 g/mol. The number of pyridine rings is 1. The van der Waals surface area contributed by atoms with Gasteiger partial charge in [-0.15, -0.1) is 0 Å². The second-order valence-corrected chi connectivity index (χ2v) is 5.13. The van der Waals surface area contributed by atoms with E-state index >= 15 is 0 Å². The molecule has 22 heavy (non-hydrogen) atoms. The summed E-state index contributed by atoms with van der Waals surface area (Å²) in [6.07, 6.45) is 0. The maximum Gasteiger partial charge on any atom is 0.358 e. The van der Waals surface area contributed by atoms with Gasteiger partial charge in [0, 0.05) is 12.5 Å². The van der Waals surface area contributed by atoms with Crippen LogP contribution < -0.4 is 5.32 Å². The summed E-state index contributed by atoms with van der Waals surface area (Å²) in [6, 6.07) is 9.25. The Morgan fingerprint density at radius 2 is 1.86 bits per heavy atom. The highest BCUT2D eigenvalue weighted by Gasteiger charge is 2.19. The molecule has 1 aromatic heterocycles. The van der Waals surface area contributed by atoms with Crippen molar-refractivity contribution in [3.05, 3.63) is 46.6 Å². The third-order valence-electron chi connectivity index (χ3n) is 2.99. The van der Waals surface area contributed by atoms with Crippen LogP contribution >= 0.6 is 11.6 Å². The molecule has 0 aliphatic heterocycles. The first-order chi connectivity index (χ1) is 10.4. The van der Waals surface area contributed by atoms with Crippen molar-refractivity contribution in [2.75, 3.05) is 12.4 Å². The van der Waals surface area contributed by atoms with E-state index in [1.54, 1.807) is 6.07 Å². The Balaban J connectivity index is 2.61. The Bertz CT molecular complexity index is 727. The van der Waals surface area contributed by atoms with Crippen molar-refractivity contribution >= 4 is 29.2 Å². The molecule has 0 saturated heterocycles. The van der Waals surface area contributed by atoms with Crippen molar-refractivity contribution in [1.29, 1.82) is 0 Å². The van der Waals surface area contributed by atoms with E-state index in [2.05, 4.69) is 15.0 Å². The Labute approximate surface area is 133 Å². The second-order valence-electron chi connectivity index (χ2n) is 4.76. The number of methoxy groups -OCH3 is 1. The Morgan fingerprint density at radius 3 is 2.41 bits per heavy atom. The first-order valence-electron chi connectivity index (χ1n) is 6.56. The topological polar surface area (TPSA) is 68.3 Å². The van der Waals surface area contributed by atoms with Crippen LogP contribution in [-0.2, 0) is 9.53 Å². The highest BCUT2D eigenvalue weighted by Crippen LogP contribution is 2.30. The molecule has 2 rings (SSSR count). The van der Waals surface area contributed by atoms with Gasteiger partial charge in [0.25, 0.3) is 0 Å². The van der Waals surface area contributed by atoms with E-state index in [9.17, 15) is 9.59 Å². The number of aromatic nitrogens is 1. The maximum absolute atomic E-state index is 11.8. The molecule has 0 aliphatic rings. The fourth-order valence-corrected chi connectivity index (χ4v) is 2.14. The van der Waals surface area contributed by atoms with E-state index in [4.69, 9.17) is 11.6 Å². The summed E-state index contributed by atoms with van der Waals surface area (Å²) in [6.45, 7) is 3.34. The van der Waals surface area contributed by atoms with Crippen molar-refractivity contribution < 1.29 is 14.3 Å². The third kappa shape index (κ3) is 3.43. The first kappa shape index (κ1) is 16.0. The van der Waals surface area contributed by atoms with Gasteiger partial charge in [0.15, 0.2) is 5.69 Å². The lowest BCUT2D eigenvalue weighted by Crippen LogP contribution is -2.11. The number of nitrogens with zero attached hydrogens (tertiary/aromatic N) is 1.